The third-order valence-electron chi connectivity index (χ3n) is 4.36. The molecule has 0 spiro atoms. The van der Waals surface area contributed by atoms with Gasteiger partial charge in [0.1, 0.15) is 5.82 Å². The Morgan fingerprint density at radius 1 is 0.769 bits per heavy atom. The number of nitrogens with one attached hydrogen (secondary N) is 1. The number of fused-ring (bicyclic) bond motifs is 3. The second kappa shape index (κ2) is 6.01. The second-order valence-electron chi connectivity index (χ2n) is 6.11. The van der Waals surface area contributed by atoms with Gasteiger partial charge in [0.25, 0.3) is 0 Å². The van der Waals surface area contributed by atoms with Crippen LogP contribution >= 0.6 is 0 Å². The minimum atomic E-state index is 0.851. The number of imidazole rings is 1. The molecule has 0 saturated heterocycles. The SMILES string of the molecule is C1=C(Nc2ccccc2)C(=Nc2ccccc2)n2c1nc1ccccc12. The summed E-state index contributed by atoms with van der Waals surface area (Å²) in [5.41, 5.74) is 4.90. The molecule has 3 aromatic carbocycles. The lowest BCUT2D eigenvalue weighted by molar-refractivity contribution is 1.15. The molecule has 1 aliphatic rings. The van der Waals surface area contributed by atoms with Crippen LogP contribution in [-0.2, 0) is 0 Å². The van der Waals surface area contributed by atoms with Crippen molar-refractivity contribution in [3.63, 3.8) is 0 Å². The van der Waals surface area contributed by atoms with Gasteiger partial charge >= 0.3 is 0 Å². The highest BCUT2D eigenvalue weighted by Gasteiger charge is 2.24. The van der Waals surface area contributed by atoms with E-state index >= 15 is 0 Å². The van der Waals surface area contributed by atoms with Crippen LogP contribution in [0.4, 0.5) is 11.4 Å². The van der Waals surface area contributed by atoms with Crippen molar-refractivity contribution in [2.24, 2.45) is 4.99 Å². The Bertz CT molecular complexity index is 1140. The summed E-state index contributed by atoms with van der Waals surface area (Å²) in [6.07, 6.45) is 2.05. The van der Waals surface area contributed by atoms with Crippen LogP contribution in [0.2, 0.25) is 0 Å². The maximum Gasteiger partial charge on any atom is 0.163 e. The van der Waals surface area contributed by atoms with Crippen LogP contribution in [0.25, 0.3) is 17.1 Å². The summed E-state index contributed by atoms with van der Waals surface area (Å²) in [5, 5.41) is 3.48. The van der Waals surface area contributed by atoms with Crippen LogP contribution in [0.5, 0.6) is 0 Å². The Hall–Kier alpha value is -3.66. The summed E-state index contributed by atoms with van der Waals surface area (Å²) in [6.45, 7) is 0. The van der Waals surface area contributed by atoms with Crippen molar-refractivity contribution in [3.05, 3.63) is 96.5 Å². The second-order valence-corrected chi connectivity index (χ2v) is 6.11. The maximum atomic E-state index is 4.91. The van der Waals surface area contributed by atoms with Crippen LogP contribution in [-0.4, -0.2) is 15.4 Å². The van der Waals surface area contributed by atoms with Crippen molar-refractivity contribution >= 4 is 34.3 Å². The number of nitrogens with zero attached hydrogens (tertiary/aromatic N) is 3. The molecule has 0 unspecified atom stereocenters. The van der Waals surface area contributed by atoms with Gasteiger partial charge in [0.05, 0.1) is 22.4 Å². The molecule has 0 bridgehead atoms. The summed E-state index contributed by atoms with van der Waals surface area (Å²) in [5.74, 6) is 1.74. The molecule has 0 amide bonds. The van der Waals surface area contributed by atoms with Crippen molar-refractivity contribution in [2.75, 3.05) is 5.32 Å². The standard InChI is InChI=1S/C22H16N4/c1-3-9-16(10-4-1)23-19-15-21-25-18-13-7-8-14-20(18)26(21)22(19)24-17-11-5-2-6-12-17/h1-15,23H. The van der Waals surface area contributed by atoms with Crippen molar-refractivity contribution in [1.82, 2.24) is 9.55 Å². The molecule has 1 N–H and O–H groups in total. The zero-order chi connectivity index (χ0) is 17.3. The maximum absolute atomic E-state index is 4.91. The third-order valence-corrected chi connectivity index (χ3v) is 4.36. The minimum Gasteiger partial charge on any atom is -0.352 e. The Kier molecular flexibility index (Phi) is 3.39. The third kappa shape index (κ3) is 2.48. The molecule has 5 rings (SSSR count). The molecule has 2 heterocycles. The Balaban J connectivity index is 1.67. The zero-order valence-electron chi connectivity index (χ0n) is 14.0. The lowest BCUT2D eigenvalue weighted by atomic mass is 10.2. The van der Waals surface area contributed by atoms with Gasteiger partial charge in [0, 0.05) is 11.8 Å². The number of rotatable bonds is 3. The molecule has 4 nitrogen and oxygen atoms in total. The molecule has 0 fully saturated rings. The van der Waals surface area contributed by atoms with E-state index in [0.29, 0.717) is 0 Å². The van der Waals surface area contributed by atoms with Gasteiger partial charge < -0.3 is 5.32 Å². The largest absolute Gasteiger partial charge is 0.352 e. The molecule has 1 aliphatic heterocycles. The lowest BCUT2D eigenvalue weighted by Crippen LogP contribution is -2.15. The molecule has 26 heavy (non-hydrogen) atoms. The molecule has 0 saturated carbocycles. The zero-order valence-corrected chi connectivity index (χ0v) is 14.0. The highest BCUT2D eigenvalue weighted by atomic mass is 15.2. The van der Waals surface area contributed by atoms with Crippen molar-refractivity contribution in [3.8, 4) is 0 Å². The van der Waals surface area contributed by atoms with Crippen molar-refractivity contribution in [2.45, 2.75) is 0 Å². The fourth-order valence-electron chi connectivity index (χ4n) is 3.18. The predicted molar refractivity (Wildman–Crippen MR) is 107 cm³/mol. The molecular weight excluding hydrogens is 320 g/mol. The average molecular weight is 336 g/mol. The van der Waals surface area contributed by atoms with Gasteiger partial charge in [-0.25, -0.2) is 9.98 Å². The van der Waals surface area contributed by atoms with Gasteiger partial charge in [-0.3, -0.25) is 4.57 Å². The van der Waals surface area contributed by atoms with E-state index in [4.69, 9.17) is 9.98 Å². The van der Waals surface area contributed by atoms with Gasteiger partial charge in [-0.2, -0.15) is 0 Å². The summed E-state index contributed by atoms with van der Waals surface area (Å²) in [6, 6.07) is 28.2. The molecule has 0 atom stereocenters. The number of aromatic nitrogens is 2. The first-order valence-corrected chi connectivity index (χ1v) is 8.54. The molecule has 4 heteroatoms. The van der Waals surface area contributed by atoms with E-state index in [9.17, 15) is 0 Å². The van der Waals surface area contributed by atoms with E-state index in [-0.39, 0.29) is 0 Å². The molecule has 1 aromatic heterocycles. The Morgan fingerprint density at radius 2 is 1.46 bits per heavy atom. The first-order chi connectivity index (χ1) is 12.9. The quantitative estimate of drug-likeness (QED) is 0.567. The number of benzene rings is 3. The summed E-state index contributed by atoms with van der Waals surface area (Å²) in [4.78, 5) is 9.65. The Morgan fingerprint density at radius 3 is 2.27 bits per heavy atom. The Labute approximate surface area is 151 Å². The first-order valence-electron chi connectivity index (χ1n) is 8.54. The predicted octanol–water partition coefficient (Wildman–Crippen LogP) is 5.08. The van der Waals surface area contributed by atoms with Crippen LogP contribution in [0.3, 0.4) is 0 Å². The van der Waals surface area contributed by atoms with Crippen LogP contribution in [0.1, 0.15) is 5.82 Å². The highest BCUT2D eigenvalue weighted by Crippen LogP contribution is 2.28. The number of hydrogen-bond donors (Lipinski definition) is 1. The van der Waals surface area contributed by atoms with E-state index < -0.39 is 0 Å². The number of aliphatic imine (C=N–C) groups is 1. The van der Waals surface area contributed by atoms with Crippen molar-refractivity contribution in [1.29, 1.82) is 0 Å². The van der Waals surface area contributed by atoms with Gasteiger partial charge in [0.2, 0.25) is 0 Å². The molecule has 4 aromatic rings. The molecular formula is C22H16N4. The van der Waals surface area contributed by atoms with E-state index in [2.05, 4.69) is 22.0 Å². The van der Waals surface area contributed by atoms with Gasteiger partial charge in [-0.05, 0) is 36.4 Å². The van der Waals surface area contributed by atoms with Gasteiger partial charge in [0.15, 0.2) is 5.84 Å². The topological polar surface area (TPSA) is 42.2 Å². The van der Waals surface area contributed by atoms with Crippen molar-refractivity contribution < 1.29 is 0 Å². The van der Waals surface area contributed by atoms with Gasteiger partial charge in [-0.1, -0.05) is 48.5 Å². The van der Waals surface area contributed by atoms with E-state index in [1.165, 1.54) is 0 Å². The number of para-hydroxylation sites is 4. The fraction of sp³-hybridized carbons (Fsp3) is 0. The minimum absolute atomic E-state index is 0.851. The van der Waals surface area contributed by atoms with E-state index in [0.717, 1.165) is 39.8 Å². The lowest BCUT2D eigenvalue weighted by Gasteiger charge is -2.11. The molecule has 124 valence electrons. The summed E-state index contributed by atoms with van der Waals surface area (Å²) >= 11 is 0. The number of hydrogen-bond acceptors (Lipinski definition) is 3. The summed E-state index contributed by atoms with van der Waals surface area (Å²) < 4.78 is 2.10. The first kappa shape index (κ1) is 14.7. The van der Waals surface area contributed by atoms with E-state index in [1.807, 2.05) is 78.9 Å². The molecule has 0 radical (unpaired) electrons. The smallest absolute Gasteiger partial charge is 0.163 e. The van der Waals surface area contributed by atoms with Crippen LogP contribution < -0.4 is 5.32 Å². The van der Waals surface area contributed by atoms with Crippen LogP contribution in [0.15, 0.2) is 95.6 Å². The fourth-order valence-corrected chi connectivity index (χ4v) is 3.18. The number of allylic oxidation sites excluding steroid dienone is 1. The molecule has 0 aliphatic carbocycles. The number of anilines is 1. The normalized spacial score (nSPS) is 14.5. The van der Waals surface area contributed by atoms with Crippen LogP contribution in [0, 0.1) is 0 Å². The average Bonchev–Trinajstić information content (AvgIpc) is 3.20. The van der Waals surface area contributed by atoms with Gasteiger partial charge in [-0.15, -0.1) is 0 Å². The summed E-state index contributed by atoms with van der Waals surface area (Å²) in [7, 11) is 0. The van der Waals surface area contributed by atoms with E-state index in [1.54, 1.807) is 0 Å². The monoisotopic (exact) mass is 336 g/mol. The highest BCUT2D eigenvalue weighted by molar-refractivity contribution is 6.14.